The number of likely N-dealkylation sites (N-methyl/N-ethyl adjacent to an activating group) is 1. The number of esters is 1. The zero-order chi connectivity index (χ0) is 22.4. The molecule has 1 saturated heterocycles. The lowest BCUT2D eigenvalue weighted by molar-refractivity contribution is 0.0599. The van der Waals surface area contributed by atoms with E-state index in [4.69, 9.17) is 12.2 Å². The Hall–Kier alpha value is -3.30. The Morgan fingerprint density at radius 3 is 2.35 bits per heavy atom. The summed E-state index contributed by atoms with van der Waals surface area (Å²) in [5.41, 5.74) is 1.52. The summed E-state index contributed by atoms with van der Waals surface area (Å²) in [7, 11) is 3.30. The van der Waals surface area contributed by atoms with Crippen LogP contribution in [0.1, 0.15) is 31.1 Å². The molecule has 9 heteroatoms. The monoisotopic (exact) mass is 440 g/mol. The molecule has 2 aromatic rings. The van der Waals surface area contributed by atoms with Gasteiger partial charge in [-0.1, -0.05) is 18.2 Å². The molecular formula is C22H24N4O4S. The number of carbonyl (C=O) groups is 3. The van der Waals surface area contributed by atoms with E-state index in [1.54, 1.807) is 47.4 Å². The molecule has 2 N–H and O–H groups in total. The van der Waals surface area contributed by atoms with E-state index in [9.17, 15) is 14.4 Å². The molecule has 1 fully saturated rings. The van der Waals surface area contributed by atoms with Crippen LogP contribution in [0.5, 0.6) is 0 Å². The van der Waals surface area contributed by atoms with E-state index in [2.05, 4.69) is 20.3 Å². The van der Waals surface area contributed by atoms with Gasteiger partial charge in [-0.25, -0.2) is 4.79 Å². The fourth-order valence-electron chi connectivity index (χ4n) is 3.19. The summed E-state index contributed by atoms with van der Waals surface area (Å²) < 4.78 is 4.68. The number of para-hydroxylation sites is 1. The van der Waals surface area contributed by atoms with Gasteiger partial charge in [0.1, 0.15) is 0 Å². The zero-order valence-corrected chi connectivity index (χ0v) is 18.2. The third kappa shape index (κ3) is 5.65. The quantitative estimate of drug-likeness (QED) is 0.555. The third-order valence-corrected chi connectivity index (χ3v) is 5.17. The topological polar surface area (TPSA) is 91.0 Å². The molecule has 1 heterocycles. The van der Waals surface area contributed by atoms with Crippen LogP contribution in [-0.4, -0.2) is 73.0 Å². The van der Waals surface area contributed by atoms with Gasteiger partial charge in [0.2, 0.25) is 0 Å². The molecule has 2 aromatic carbocycles. The summed E-state index contributed by atoms with van der Waals surface area (Å²) in [4.78, 5) is 41.2. The van der Waals surface area contributed by atoms with E-state index in [1.165, 1.54) is 13.2 Å². The summed E-state index contributed by atoms with van der Waals surface area (Å²) >= 11 is 5.27. The molecule has 0 radical (unpaired) electrons. The van der Waals surface area contributed by atoms with E-state index in [0.717, 1.165) is 13.1 Å². The average molecular weight is 441 g/mol. The van der Waals surface area contributed by atoms with Gasteiger partial charge < -0.3 is 19.9 Å². The number of carbonyl (C=O) groups excluding carboxylic acids is 3. The number of ether oxygens (including phenoxy) is 1. The first-order chi connectivity index (χ1) is 14.9. The number of piperazine rings is 1. The van der Waals surface area contributed by atoms with Crippen molar-refractivity contribution < 1.29 is 19.1 Å². The standard InChI is InChI=1S/C22H24N4O4S/c1-25-10-12-26(13-11-25)20(28)17-8-3-4-9-18(17)23-22(31)24-19(27)15-6-5-7-16(14-15)21(29)30-2/h3-9,14H,10-13H2,1-2H3,(H2,23,24,27,31). The van der Waals surface area contributed by atoms with Gasteiger partial charge in [-0.05, 0) is 49.6 Å². The maximum absolute atomic E-state index is 13.0. The molecule has 2 amide bonds. The van der Waals surface area contributed by atoms with Crippen LogP contribution in [-0.2, 0) is 4.74 Å². The normalized spacial score (nSPS) is 13.9. The van der Waals surface area contributed by atoms with Crippen LogP contribution >= 0.6 is 12.2 Å². The first-order valence-corrected chi connectivity index (χ1v) is 10.2. The van der Waals surface area contributed by atoms with Crippen molar-refractivity contribution in [2.45, 2.75) is 0 Å². The van der Waals surface area contributed by atoms with Crippen molar-refractivity contribution in [1.82, 2.24) is 15.1 Å². The number of amides is 2. The second-order valence-corrected chi connectivity index (χ2v) is 7.53. The third-order valence-electron chi connectivity index (χ3n) is 4.97. The molecule has 0 spiro atoms. The molecule has 1 aliphatic rings. The number of nitrogens with zero attached hydrogens (tertiary/aromatic N) is 2. The molecule has 3 rings (SSSR count). The summed E-state index contributed by atoms with van der Waals surface area (Å²) in [6.45, 7) is 2.95. The van der Waals surface area contributed by atoms with Crippen LogP contribution < -0.4 is 10.6 Å². The Morgan fingerprint density at radius 1 is 0.968 bits per heavy atom. The van der Waals surface area contributed by atoms with E-state index < -0.39 is 11.9 Å². The number of hydrogen-bond donors (Lipinski definition) is 2. The van der Waals surface area contributed by atoms with Crippen LogP contribution in [0.15, 0.2) is 48.5 Å². The van der Waals surface area contributed by atoms with Gasteiger partial charge in [0, 0.05) is 31.7 Å². The van der Waals surface area contributed by atoms with Crippen molar-refractivity contribution in [3.05, 3.63) is 65.2 Å². The lowest BCUT2D eigenvalue weighted by Gasteiger charge is -2.32. The van der Waals surface area contributed by atoms with E-state index in [0.29, 0.717) is 24.3 Å². The molecule has 8 nitrogen and oxygen atoms in total. The number of nitrogens with one attached hydrogen (secondary N) is 2. The van der Waals surface area contributed by atoms with Gasteiger partial charge in [-0.15, -0.1) is 0 Å². The highest BCUT2D eigenvalue weighted by Gasteiger charge is 2.22. The molecule has 0 atom stereocenters. The lowest BCUT2D eigenvalue weighted by Crippen LogP contribution is -2.47. The number of hydrogen-bond acceptors (Lipinski definition) is 6. The number of rotatable bonds is 4. The average Bonchev–Trinajstić information content (AvgIpc) is 2.79. The number of benzene rings is 2. The summed E-state index contributed by atoms with van der Waals surface area (Å²) in [5.74, 6) is -1.10. The molecule has 0 saturated carbocycles. The minimum atomic E-state index is -0.535. The number of anilines is 1. The molecular weight excluding hydrogens is 416 g/mol. The maximum Gasteiger partial charge on any atom is 0.337 e. The van der Waals surface area contributed by atoms with Crippen molar-refractivity contribution in [2.75, 3.05) is 45.7 Å². The molecule has 162 valence electrons. The Morgan fingerprint density at radius 2 is 1.65 bits per heavy atom. The van der Waals surface area contributed by atoms with E-state index in [-0.39, 0.29) is 22.1 Å². The lowest BCUT2D eigenvalue weighted by atomic mass is 10.1. The molecule has 31 heavy (non-hydrogen) atoms. The molecule has 1 aliphatic heterocycles. The Kier molecular flexibility index (Phi) is 7.32. The summed E-state index contributed by atoms with van der Waals surface area (Å²) in [6, 6.07) is 13.2. The van der Waals surface area contributed by atoms with Gasteiger partial charge in [0.15, 0.2) is 5.11 Å². The maximum atomic E-state index is 13.0. The highest BCUT2D eigenvalue weighted by molar-refractivity contribution is 7.80. The highest BCUT2D eigenvalue weighted by atomic mass is 32.1. The highest BCUT2D eigenvalue weighted by Crippen LogP contribution is 2.18. The molecule has 0 aromatic heterocycles. The smallest absolute Gasteiger partial charge is 0.337 e. The number of thiocarbonyl (C=S) groups is 1. The summed E-state index contributed by atoms with van der Waals surface area (Å²) in [6.07, 6.45) is 0. The minimum absolute atomic E-state index is 0.0482. The fraction of sp³-hybridized carbons (Fsp3) is 0.273. The SMILES string of the molecule is COC(=O)c1cccc(C(=O)NC(=S)Nc2ccccc2C(=O)N2CCN(C)CC2)c1. The van der Waals surface area contributed by atoms with Crippen molar-refractivity contribution in [3.63, 3.8) is 0 Å². The zero-order valence-electron chi connectivity index (χ0n) is 17.4. The molecule has 0 bridgehead atoms. The second kappa shape index (κ2) is 10.1. The van der Waals surface area contributed by atoms with Crippen LogP contribution in [0.25, 0.3) is 0 Å². The van der Waals surface area contributed by atoms with Gasteiger partial charge in [-0.3, -0.25) is 14.9 Å². The predicted octanol–water partition coefficient (Wildman–Crippen LogP) is 1.99. The molecule has 0 unspecified atom stereocenters. The van der Waals surface area contributed by atoms with Crippen LogP contribution in [0.3, 0.4) is 0 Å². The van der Waals surface area contributed by atoms with Gasteiger partial charge in [0.25, 0.3) is 11.8 Å². The van der Waals surface area contributed by atoms with E-state index in [1.807, 2.05) is 7.05 Å². The van der Waals surface area contributed by atoms with Gasteiger partial charge >= 0.3 is 5.97 Å². The first-order valence-electron chi connectivity index (χ1n) is 9.76. The van der Waals surface area contributed by atoms with Crippen LogP contribution in [0, 0.1) is 0 Å². The van der Waals surface area contributed by atoms with E-state index >= 15 is 0 Å². The summed E-state index contributed by atoms with van der Waals surface area (Å²) in [5, 5.41) is 5.56. The van der Waals surface area contributed by atoms with Crippen LogP contribution in [0.4, 0.5) is 5.69 Å². The Labute approximate surface area is 186 Å². The van der Waals surface area contributed by atoms with Crippen molar-refractivity contribution >= 4 is 40.8 Å². The Bertz CT molecular complexity index is 1000. The Balaban J connectivity index is 1.68. The van der Waals surface area contributed by atoms with Gasteiger partial charge in [0.05, 0.1) is 23.9 Å². The predicted molar refractivity (Wildman–Crippen MR) is 121 cm³/mol. The largest absolute Gasteiger partial charge is 0.465 e. The van der Waals surface area contributed by atoms with Gasteiger partial charge in [-0.2, -0.15) is 0 Å². The molecule has 0 aliphatic carbocycles. The van der Waals surface area contributed by atoms with Crippen molar-refractivity contribution in [1.29, 1.82) is 0 Å². The first kappa shape index (κ1) is 22.4. The number of methoxy groups -OCH3 is 1. The second-order valence-electron chi connectivity index (χ2n) is 7.12. The van der Waals surface area contributed by atoms with Crippen LogP contribution in [0.2, 0.25) is 0 Å². The fourth-order valence-corrected chi connectivity index (χ4v) is 3.40. The van der Waals surface area contributed by atoms with Crippen molar-refractivity contribution in [3.8, 4) is 0 Å². The minimum Gasteiger partial charge on any atom is -0.465 e. The van der Waals surface area contributed by atoms with Crippen molar-refractivity contribution in [2.24, 2.45) is 0 Å².